The van der Waals surface area contributed by atoms with Gasteiger partial charge in [0.25, 0.3) is 0 Å². The number of sulfonamides is 1. The van der Waals surface area contributed by atoms with Gasteiger partial charge in [0.05, 0.1) is 0 Å². The Bertz CT molecular complexity index is 510. The van der Waals surface area contributed by atoms with E-state index in [9.17, 15) is 8.42 Å². The molecule has 1 fully saturated rings. The fraction of sp³-hybridized carbons (Fsp3) is 0.545. The second kappa shape index (κ2) is 4.83. The molecule has 1 aliphatic carbocycles. The van der Waals surface area contributed by atoms with Gasteiger partial charge in [-0.1, -0.05) is 0 Å². The van der Waals surface area contributed by atoms with Crippen molar-refractivity contribution in [2.24, 2.45) is 16.8 Å². The maximum atomic E-state index is 11.1. The first-order valence-corrected chi connectivity index (χ1v) is 7.40. The summed E-state index contributed by atoms with van der Waals surface area (Å²) >= 11 is 0. The third-order valence-corrected chi connectivity index (χ3v) is 4.21. The first-order valence-electron chi connectivity index (χ1n) is 5.85. The van der Waals surface area contributed by atoms with Crippen LogP contribution in [-0.4, -0.2) is 33.0 Å². The van der Waals surface area contributed by atoms with Gasteiger partial charge in [0.1, 0.15) is 10.7 Å². The summed E-state index contributed by atoms with van der Waals surface area (Å²) in [6.45, 7) is 0.569. The lowest BCUT2D eigenvalue weighted by Gasteiger charge is -2.28. The third-order valence-electron chi connectivity index (χ3n) is 3.32. The number of anilines is 1. The molecule has 100 valence electrons. The smallest absolute Gasteiger partial charge is 0.239 e. The fourth-order valence-corrected chi connectivity index (χ4v) is 2.52. The van der Waals surface area contributed by atoms with E-state index in [0.717, 1.165) is 0 Å². The van der Waals surface area contributed by atoms with E-state index in [0.29, 0.717) is 18.3 Å². The lowest BCUT2D eigenvalue weighted by molar-refractivity contribution is 0.565. The van der Waals surface area contributed by atoms with Crippen LogP contribution in [0.3, 0.4) is 0 Å². The summed E-state index contributed by atoms with van der Waals surface area (Å²) in [4.78, 5) is 6.16. The molecule has 0 radical (unpaired) electrons. The van der Waals surface area contributed by atoms with Crippen LogP contribution in [0.25, 0.3) is 0 Å². The number of pyridine rings is 1. The molecule has 1 unspecified atom stereocenters. The second-order valence-electron chi connectivity index (χ2n) is 4.65. The first-order chi connectivity index (χ1) is 8.43. The number of hydrogen-bond donors (Lipinski definition) is 2. The van der Waals surface area contributed by atoms with Gasteiger partial charge in [-0.3, -0.25) is 0 Å². The SMILES string of the molecule is CN(c1ccc(S(N)(=O)=O)cn1)C(CN)C1CC1. The van der Waals surface area contributed by atoms with Crippen LogP contribution < -0.4 is 15.8 Å². The summed E-state index contributed by atoms with van der Waals surface area (Å²) in [6.07, 6.45) is 3.67. The minimum absolute atomic E-state index is 0.0235. The van der Waals surface area contributed by atoms with Gasteiger partial charge in [-0.15, -0.1) is 0 Å². The molecule has 1 heterocycles. The molecule has 0 bridgehead atoms. The Kier molecular flexibility index (Phi) is 3.56. The van der Waals surface area contributed by atoms with Gasteiger partial charge in [0, 0.05) is 25.8 Å². The molecular formula is C11H18N4O2S. The Morgan fingerprint density at radius 2 is 2.17 bits per heavy atom. The maximum Gasteiger partial charge on any atom is 0.239 e. The van der Waals surface area contributed by atoms with Gasteiger partial charge in [-0.05, 0) is 30.9 Å². The largest absolute Gasteiger partial charge is 0.355 e. The Morgan fingerprint density at radius 3 is 2.56 bits per heavy atom. The molecule has 6 nitrogen and oxygen atoms in total. The van der Waals surface area contributed by atoms with Gasteiger partial charge in [-0.25, -0.2) is 18.5 Å². The summed E-state index contributed by atoms with van der Waals surface area (Å²) in [6, 6.07) is 3.39. The summed E-state index contributed by atoms with van der Waals surface area (Å²) in [7, 11) is -1.76. The van der Waals surface area contributed by atoms with Gasteiger partial charge >= 0.3 is 0 Å². The summed E-state index contributed by atoms with van der Waals surface area (Å²) < 4.78 is 22.3. The lowest BCUT2D eigenvalue weighted by atomic mass is 10.1. The molecule has 0 spiro atoms. The summed E-state index contributed by atoms with van der Waals surface area (Å²) in [5.74, 6) is 1.34. The average Bonchev–Trinajstić information content (AvgIpc) is 3.13. The quantitative estimate of drug-likeness (QED) is 0.778. The normalized spacial score (nSPS) is 17.5. The zero-order valence-corrected chi connectivity index (χ0v) is 11.1. The zero-order valence-electron chi connectivity index (χ0n) is 10.3. The molecule has 18 heavy (non-hydrogen) atoms. The van der Waals surface area contributed by atoms with Gasteiger partial charge in [0.2, 0.25) is 10.0 Å². The Morgan fingerprint density at radius 1 is 1.50 bits per heavy atom. The molecule has 0 saturated heterocycles. The molecule has 4 N–H and O–H groups in total. The van der Waals surface area contributed by atoms with Crippen LogP contribution >= 0.6 is 0 Å². The number of nitrogens with two attached hydrogens (primary N) is 2. The van der Waals surface area contributed by atoms with Crippen LogP contribution in [0.2, 0.25) is 0 Å². The number of nitrogens with zero attached hydrogens (tertiary/aromatic N) is 2. The Hall–Kier alpha value is -1.18. The highest BCUT2D eigenvalue weighted by atomic mass is 32.2. The topological polar surface area (TPSA) is 102 Å². The fourth-order valence-electron chi connectivity index (χ4n) is 2.07. The predicted octanol–water partition coefficient (Wildman–Crippen LogP) is -0.0975. The van der Waals surface area contributed by atoms with Crippen molar-refractivity contribution in [3.63, 3.8) is 0 Å². The Balaban J connectivity index is 2.18. The molecular weight excluding hydrogens is 252 g/mol. The molecule has 1 saturated carbocycles. The van der Waals surface area contributed by atoms with E-state index < -0.39 is 10.0 Å². The van der Waals surface area contributed by atoms with E-state index in [2.05, 4.69) is 4.98 Å². The van der Waals surface area contributed by atoms with E-state index in [-0.39, 0.29) is 10.9 Å². The van der Waals surface area contributed by atoms with Gasteiger partial charge < -0.3 is 10.6 Å². The van der Waals surface area contributed by atoms with Crippen LogP contribution in [0, 0.1) is 5.92 Å². The van der Waals surface area contributed by atoms with Crippen LogP contribution in [-0.2, 0) is 10.0 Å². The van der Waals surface area contributed by atoms with Gasteiger partial charge in [0.15, 0.2) is 0 Å². The first kappa shape index (κ1) is 13.3. The molecule has 1 atom stereocenters. The molecule has 0 aromatic carbocycles. The van der Waals surface area contributed by atoms with E-state index in [1.165, 1.54) is 25.1 Å². The number of likely N-dealkylation sites (N-methyl/N-ethyl adjacent to an activating group) is 1. The highest BCUT2D eigenvalue weighted by Crippen LogP contribution is 2.35. The molecule has 7 heteroatoms. The molecule has 1 aromatic heterocycles. The standard InChI is InChI=1S/C11H18N4O2S/c1-15(10(6-12)8-2-3-8)11-5-4-9(7-14-11)18(13,16)17/h4-5,7-8,10H,2-3,6,12H2,1H3,(H2,13,16,17). The van der Waals surface area contributed by atoms with Crippen molar-refractivity contribution in [3.8, 4) is 0 Å². The minimum Gasteiger partial charge on any atom is -0.355 e. The maximum absolute atomic E-state index is 11.1. The monoisotopic (exact) mass is 270 g/mol. The van der Waals surface area contributed by atoms with Gasteiger partial charge in [-0.2, -0.15) is 0 Å². The van der Waals surface area contributed by atoms with E-state index in [4.69, 9.17) is 10.9 Å². The van der Waals surface area contributed by atoms with Crippen molar-refractivity contribution in [2.45, 2.75) is 23.8 Å². The predicted molar refractivity (Wildman–Crippen MR) is 69.6 cm³/mol. The van der Waals surface area contributed by atoms with Crippen LogP contribution in [0.4, 0.5) is 5.82 Å². The zero-order chi connectivity index (χ0) is 13.3. The molecule has 1 aliphatic rings. The van der Waals surface area contributed by atoms with E-state index in [1.807, 2.05) is 11.9 Å². The lowest BCUT2D eigenvalue weighted by Crippen LogP contribution is -2.40. The van der Waals surface area contributed by atoms with Crippen molar-refractivity contribution in [1.29, 1.82) is 0 Å². The number of rotatable bonds is 5. The van der Waals surface area contributed by atoms with Crippen molar-refractivity contribution < 1.29 is 8.42 Å². The summed E-state index contributed by atoms with van der Waals surface area (Å²) in [5, 5.41) is 5.03. The van der Waals surface area contributed by atoms with Crippen molar-refractivity contribution in [1.82, 2.24) is 4.98 Å². The number of aromatic nitrogens is 1. The van der Waals surface area contributed by atoms with Crippen molar-refractivity contribution >= 4 is 15.8 Å². The van der Waals surface area contributed by atoms with Crippen molar-refractivity contribution in [2.75, 3.05) is 18.5 Å². The molecule has 0 aliphatic heterocycles. The highest BCUT2D eigenvalue weighted by molar-refractivity contribution is 7.89. The number of hydrogen-bond acceptors (Lipinski definition) is 5. The van der Waals surface area contributed by atoms with Crippen LogP contribution in [0.5, 0.6) is 0 Å². The highest BCUT2D eigenvalue weighted by Gasteiger charge is 2.33. The van der Waals surface area contributed by atoms with Crippen LogP contribution in [0.15, 0.2) is 23.2 Å². The number of primary sulfonamides is 1. The summed E-state index contributed by atoms with van der Waals surface area (Å²) in [5.41, 5.74) is 5.77. The van der Waals surface area contributed by atoms with Crippen LogP contribution in [0.1, 0.15) is 12.8 Å². The Labute approximate surface area is 107 Å². The molecule has 0 amide bonds. The molecule has 2 rings (SSSR count). The second-order valence-corrected chi connectivity index (χ2v) is 6.21. The van der Waals surface area contributed by atoms with E-state index in [1.54, 1.807) is 6.07 Å². The molecule has 1 aromatic rings. The minimum atomic E-state index is -3.68. The third kappa shape index (κ3) is 2.80. The van der Waals surface area contributed by atoms with Crippen molar-refractivity contribution in [3.05, 3.63) is 18.3 Å². The van der Waals surface area contributed by atoms with E-state index >= 15 is 0 Å². The average molecular weight is 270 g/mol.